The first-order valence-electron chi connectivity index (χ1n) is 11.6. The molecule has 184 valence electrons. The van der Waals surface area contributed by atoms with Crippen molar-refractivity contribution in [1.29, 1.82) is 5.26 Å². The van der Waals surface area contributed by atoms with Gasteiger partial charge in [0.15, 0.2) is 0 Å². The van der Waals surface area contributed by atoms with E-state index in [9.17, 15) is 5.26 Å². The topological polar surface area (TPSA) is 77.6 Å². The van der Waals surface area contributed by atoms with E-state index in [-0.39, 0.29) is 0 Å². The SMILES string of the molecule is COc1cc(Nc2c(C#N)cnc3cc(-c4ccc(CN5CCN(C)CC5)o4)ccc23)c(Cl)cc1Cl. The van der Waals surface area contributed by atoms with E-state index in [4.69, 9.17) is 32.4 Å². The third-order valence-electron chi connectivity index (χ3n) is 6.41. The van der Waals surface area contributed by atoms with E-state index in [2.05, 4.69) is 33.2 Å². The fourth-order valence-electron chi connectivity index (χ4n) is 4.33. The van der Waals surface area contributed by atoms with E-state index in [0.717, 1.165) is 60.7 Å². The van der Waals surface area contributed by atoms with Crippen LogP contribution in [-0.4, -0.2) is 55.1 Å². The lowest BCUT2D eigenvalue weighted by Gasteiger charge is -2.31. The van der Waals surface area contributed by atoms with Crippen molar-refractivity contribution in [3.05, 3.63) is 70.0 Å². The molecule has 2 aromatic carbocycles. The number of rotatable bonds is 6. The Morgan fingerprint density at radius 2 is 1.89 bits per heavy atom. The van der Waals surface area contributed by atoms with Crippen LogP contribution in [0, 0.1) is 11.3 Å². The van der Waals surface area contributed by atoms with Crippen molar-refractivity contribution in [2.24, 2.45) is 0 Å². The van der Waals surface area contributed by atoms with Crippen LogP contribution in [0.3, 0.4) is 0 Å². The van der Waals surface area contributed by atoms with Crippen molar-refractivity contribution in [3.8, 4) is 23.1 Å². The van der Waals surface area contributed by atoms with E-state index in [1.807, 2.05) is 30.3 Å². The van der Waals surface area contributed by atoms with E-state index >= 15 is 0 Å². The minimum Gasteiger partial charge on any atom is -0.495 e. The minimum atomic E-state index is 0.396. The Kier molecular flexibility index (Phi) is 7.04. The maximum atomic E-state index is 9.72. The second kappa shape index (κ2) is 10.4. The van der Waals surface area contributed by atoms with Gasteiger partial charge in [0.2, 0.25) is 0 Å². The number of ether oxygens (including phenoxy) is 1. The van der Waals surface area contributed by atoms with Crippen molar-refractivity contribution in [1.82, 2.24) is 14.8 Å². The molecule has 0 aliphatic carbocycles. The van der Waals surface area contributed by atoms with E-state index < -0.39 is 0 Å². The Hall–Kier alpha value is -3.28. The maximum Gasteiger partial charge on any atom is 0.139 e. The summed E-state index contributed by atoms with van der Waals surface area (Å²) < 4.78 is 11.5. The number of anilines is 2. The zero-order chi connectivity index (χ0) is 25.2. The van der Waals surface area contributed by atoms with Crippen LogP contribution < -0.4 is 10.1 Å². The van der Waals surface area contributed by atoms with Gasteiger partial charge in [-0.3, -0.25) is 9.88 Å². The molecule has 1 saturated heterocycles. The van der Waals surface area contributed by atoms with Crippen molar-refractivity contribution in [2.75, 3.05) is 45.7 Å². The van der Waals surface area contributed by atoms with Gasteiger partial charge < -0.3 is 19.4 Å². The van der Waals surface area contributed by atoms with Gasteiger partial charge in [-0.15, -0.1) is 0 Å². The van der Waals surface area contributed by atoms with E-state index in [1.165, 1.54) is 7.11 Å². The predicted molar refractivity (Wildman–Crippen MR) is 143 cm³/mol. The molecule has 3 heterocycles. The van der Waals surface area contributed by atoms with Crippen LogP contribution in [0.15, 0.2) is 53.1 Å². The molecule has 0 atom stereocenters. The first-order chi connectivity index (χ1) is 17.4. The van der Waals surface area contributed by atoms with Gasteiger partial charge in [-0.2, -0.15) is 5.26 Å². The smallest absolute Gasteiger partial charge is 0.139 e. The van der Waals surface area contributed by atoms with Crippen LogP contribution in [0.1, 0.15) is 11.3 Å². The minimum absolute atomic E-state index is 0.396. The lowest BCUT2D eigenvalue weighted by atomic mass is 10.1. The number of furan rings is 1. The van der Waals surface area contributed by atoms with Crippen LogP contribution in [0.4, 0.5) is 11.4 Å². The highest BCUT2D eigenvalue weighted by molar-refractivity contribution is 6.37. The van der Waals surface area contributed by atoms with Gasteiger partial charge >= 0.3 is 0 Å². The van der Waals surface area contributed by atoms with E-state index in [1.54, 1.807) is 18.3 Å². The number of fused-ring (bicyclic) bond motifs is 1. The van der Waals surface area contributed by atoms with Gasteiger partial charge in [0.1, 0.15) is 23.3 Å². The van der Waals surface area contributed by atoms with Crippen LogP contribution in [0.5, 0.6) is 5.75 Å². The van der Waals surface area contributed by atoms with Gasteiger partial charge in [-0.1, -0.05) is 29.3 Å². The molecule has 1 fully saturated rings. The van der Waals surface area contributed by atoms with Gasteiger partial charge in [-0.25, -0.2) is 0 Å². The molecule has 7 nitrogen and oxygen atoms in total. The van der Waals surface area contributed by atoms with Gasteiger partial charge in [0.05, 0.1) is 46.2 Å². The number of likely N-dealkylation sites (N-methyl/N-ethyl adjacent to an activating group) is 1. The zero-order valence-corrected chi connectivity index (χ0v) is 21.5. The number of nitriles is 1. The zero-order valence-electron chi connectivity index (χ0n) is 20.0. The summed E-state index contributed by atoms with van der Waals surface area (Å²) in [6.45, 7) is 5.00. The van der Waals surface area contributed by atoms with Crippen molar-refractivity contribution < 1.29 is 9.15 Å². The van der Waals surface area contributed by atoms with Crippen molar-refractivity contribution in [2.45, 2.75) is 6.54 Å². The average molecular weight is 522 g/mol. The van der Waals surface area contributed by atoms with Crippen LogP contribution in [0.2, 0.25) is 10.0 Å². The summed E-state index contributed by atoms with van der Waals surface area (Å²) in [5.41, 5.74) is 3.22. The molecule has 1 N–H and O–H groups in total. The summed E-state index contributed by atoms with van der Waals surface area (Å²) >= 11 is 12.6. The van der Waals surface area contributed by atoms with Crippen molar-refractivity contribution >= 4 is 45.5 Å². The normalized spacial score (nSPS) is 14.6. The summed E-state index contributed by atoms with van der Waals surface area (Å²) in [6.07, 6.45) is 1.55. The molecule has 0 spiro atoms. The second-order valence-electron chi connectivity index (χ2n) is 8.83. The fourth-order valence-corrected chi connectivity index (χ4v) is 4.83. The molecule has 0 unspecified atom stereocenters. The lowest BCUT2D eigenvalue weighted by molar-refractivity contribution is 0.140. The summed E-state index contributed by atoms with van der Waals surface area (Å²) in [5.74, 6) is 2.20. The first-order valence-corrected chi connectivity index (χ1v) is 12.3. The Morgan fingerprint density at radius 1 is 1.08 bits per heavy atom. The predicted octanol–water partition coefficient (Wildman–Crippen LogP) is 6.17. The molecule has 1 aliphatic rings. The Balaban J connectivity index is 1.44. The largest absolute Gasteiger partial charge is 0.495 e. The maximum absolute atomic E-state index is 9.72. The molecule has 0 amide bonds. The third kappa shape index (κ3) is 4.99. The summed E-state index contributed by atoms with van der Waals surface area (Å²) in [7, 11) is 3.69. The van der Waals surface area contributed by atoms with E-state index in [0.29, 0.717) is 32.7 Å². The monoisotopic (exact) mass is 521 g/mol. The molecule has 0 bridgehead atoms. The molecule has 5 rings (SSSR count). The number of halogens is 2. The molecule has 4 aromatic rings. The van der Waals surface area contributed by atoms with Crippen LogP contribution in [0.25, 0.3) is 22.2 Å². The molecular formula is C27H25Cl2N5O2. The molecule has 2 aromatic heterocycles. The number of benzene rings is 2. The Bertz CT molecular complexity index is 1450. The summed E-state index contributed by atoms with van der Waals surface area (Å²) in [4.78, 5) is 9.27. The average Bonchev–Trinajstić information content (AvgIpc) is 3.35. The number of hydrogen-bond donors (Lipinski definition) is 1. The number of nitrogens with zero attached hydrogens (tertiary/aromatic N) is 4. The quantitative estimate of drug-likeness (QED) is 0.324. The highest BCUT2D eigenvalue weighted by atomic mass is 35.5. The number of aromatic nitrogens is 1. The third-order valence-corrected chi connectivity index (χ3v) is 7.02. The molecular weight excluding hydrogens is 497 g/mol. The summed E-state index contributed by atoms with van der Waals surface area (Å²) in [6, 6.07) is 15.4. The Labute approximate surface area is 219 Å². The highest BCUT2D eigenvalue weighted by Gasteiger charge is 2.17. The number of piperazine rings is 1. The number of nitrogens with one attached hydrogen (secondary N) is 1. The Morgan fingerprint density at radius 3 is 2.64 bits per heavy atom. The van der Waals surface area contributed by atoms with Crippen LogP contribution >= 0.6 is 23.2 Å². The molecule has 0 radical (unpaired) electrons. The molecule has 1 aliphatic heterocycles. The first kappa shape index (κ1) is 24.4. The van der Waals surface area contributed by atoms with Crippen LogP contribution in [-0.2, 0) is 6.54 Å². The lowest BCUT2D eigenvalue weighted by Crippen LogP contribution is -2.43. The highest BCUT2D eigenvalue weighted by Crippen LogP contribution is 2.38. The molecule has 9 heteroatoms. The second-order valence-corrected chi connectivity index (χ2v) is 9.64. The standard InChI is InChI=1S/C27H25Cl2N5O2/c1-33-7-9-34(10-8-33)16-19-4-6-25(36-19)17-3-5-20-23(11-17)31-15-18(14-30)27(20)32-24-13-26(35-2)22(29)12-21(24)28/h3-6,11-13,15H,7-10,16H2,1-2H3,(H,31,32). The summed E-state index contributed by atoms with van der Waals surface area (Å²) in [5, 5.41) is 14.6. The van der Waals surface area contributed by atoms with Gasteiger partial charge in [0.25, 0.3) is 0 Å². The van der Waals surface area contributed by atoms with Crippen molar-refractivity contribution in [3.63, 3.8) is 0 Å². The van der Waals surface area contributed by atoms with Gasteiger partial charge in [-0.05, 0) is 37.4 Å². The number of hydrogen-bond acceptors (Lipinski definition) is 7. The van der Waals surface area contributed by atoms with Gasteiger partial charge in [0, 0.05) is 49.4 Å². The number of methoxy groups -OCH3 is 1. The molecule has 0 saturated carbocycles. The number of pyridine rings is 1. The molecule has 36 heavy (non-hydrogen) atoms. The fraction of sp³-hybridized carbons (Fsp3) is 0.259.